The zero-order valence-electron chi connectivity index (χ0n) is 17.4. The van der Waals surface area contributed by atoms with Gasteiger partial charge in [0.25, 0.3) is 11.5 Å². The number of aromatic nitrogens is 5. The Balaban J connectivity index is 1.46. The molecule has 3 aromatic rings. The first-order valence-electron chi connectivity index (χ1n) is 10.7. The fraction of sp³-hybridized carbons (Fsp3) is 0.409. The minimum Gasteiger partial charge on any atom is -0.501 e. The quantitative estimate of drug-likeness (QED) is 0.645. The number of aromatic hydroxyl groups is 1. The van der Waals surface area contributed by atoms with E-state index in [-0.39, 0.29) is 17.7 Å². The highest BCUT2D eigenvalue weighted by Gasteiger charge is 2.42. The van der Waals surface area contributed by atoms with E-state index in [9.17, 15) is 19.1 Å². The summed E-state index contributed by atoms with van der Waals surface area (Å²) in [5.41, 5.74) is -0.0569. The second kappa shape index (κ2) is 7.85. The van der Waals surface area contributed by atoms with Crippen LogP contribution in [-0.4, -0.2) is 35.3 Å². The third-order valence-corrected chi connectivity index (χ3v) is 6.58. The fourth-order valence-corrected chi connectivity index (χ4v) is 5.04. The van der Waals surface area contributed by atoms with Crippen molar-refractivity contribution in [1.29, 1.82) is 0 Å². The number of halogens is 1. The van der Waals surface area contributed by atoms with Gasteiger partial charge < -0.3 is 10.4 Å². The summed E-state index contributed by atoms with van der Waals surface area (Å²) in [6, 6.07) is 4.12. The molecule has 1 aromatic carbocycles. The van der Waals surface area contributed by atoms with Crippen LogP contribution in [-0.2, 0) is 18.5 Å². The molecule has 0 unspecified atom stereocenters. The fourth-order valence-electron chi connectivity index (χ4n) is 5.04. The lowest BCUT2D eigenvalue weighted by Gasteiger charge is -2.35. The van der Waals surface area contributed by atoms with Crippen molar-refractivity contribution in [1.82, 2.24) is 29.6 Å². The minimum atomic E-state index is -0.685. The highest BCUT2D eigenvalue weighted by Crippen LogP contribution is 2.45. The third-order valence-electron chi connectivity index (χ3n) is 6.58. The van der Waals surface area contributed by atoms with Crippen molar-refractivity contribution < 1.29 is 14.3 Å². The van der Waals surface area contributed by atoms with Gasteiger partial charge >= 0.3 is 0 Å². The van der Waals surface area contributed by atoms with Crippen LogP contribution in [0.3, 0.4) is 0 Å². The number of hydrogen-bond donors (Lipinski definition) is 2. The molecule has 1 saturated carbocycles. The maximum Gasteiger partial charge on any atom is 0.296 e. The summed E-state index contributed by atoms with van der Waals surface area (Å²) in [7, 11) is 0. The molecule has 3 heterocycles. The third kappa shape index (κ3) is 3.35. The molecule has 1 spiro atoms. The summed E-state index contributed by atoms with van der Waals surface area (Å²) in [5, 5.41) is 17.2. The van der Waals surface area contributed by atoms with E-state index in [1.807, 2.05) is 0 Å². The van der Waals surface area contributed by atoms with Gasteiger partial charge in [0.05, 0.1) is 5.69 Å². The van der Waals surface area contributed by atoms with Gasteiger partial charge in [-0.15, -0.1) is 0 Å². The van der Waals surface area contributed by atoms with Crippen LogP contribution in [0.25, 0.3) is 5.69 Å². The summed E-state index contributed by atoms with van der Waals surface area (Å²) in [4.78, 5) is 34.2. The van der Waals surface area contributed by atoms with E-state index in [0.29, 0.717) is 23.6 Å². The van der Waals surface area contributed by atoms with Crippen LogP contribution in [0.4, 0.5) is 4.39 Å². The Morgan fingerprint density at radius 3 is 2.75 bits per heavy atom. The summed E-state index contributed by atoms with van der Waals surface area (Å²) >= 11 is 0. The lowest BCUT2D eigenvalue weighted by atomic mass is 9.78. The Morgan fingerprint density at radius 1 is 1.22 bits per heavy atom. The van der Waals surface area contributed by atoms with Gasteiger partial charge in [0.1, 0.15) is 24.3 Å². The van der Waals surface area contributed by atoms with Crippen molar-refractivity contribution in [2.75, 3.05) is 0 Å². The van der Waals surface area contributed by atoms with Gasteiger partial charge in [0, 0.05) is 18.5 Å². The van der Waals surface area contributed by atoms with Crippen LogP contribution >= 0.6 is 0 Å². The van der Waals surface area contributed by atoms with Crippen LogP contribution in [0.2, 0.25) is 0 Å². The monoisotopic (exact) mass is 438 g/mol. The molecule has 1 aliphatic heterocycles. The summed E-state index contributed by atoms with van der Waals surface area (Å²) in [5.74, 6) is -1.20. The zero-order valence-corrected chi connectivity index (χ0v) is 17.4. The molecule has 1 aliphatic carbocycles. The van der Waals surface area contributed by atoms with Gasteiger partial charge in [-0.25, -0.2) is 19.0 Å². The van der Waals surface area contributed by atoms with E-state index in [2.05, 4.69) is 20.4 Å². The summed E-state index contributed by atoms with van der Waals surface area (Å²) in [6.45, 7) is 0.444. The standard InChI is InChI=1S/C22H23FN6O3/c23-15-4-5-16(29-13-24-12-26-29)14(10-15)11-25-19(31)17-18(30)20(32)28-9-3-8-22(21(28)27-17)6-1-2-7-22/h4-5,10,12-13,30H,1-3,6-9,11H2,(H,25,31). The molecule has 166 valence electrons. The average molecular weight is 438 g/mol. The second-order valence-corrected chi connectivity index (χ2v) is 8.48. The van der Waals surface area contributed by atoms with Crippen molar-refractivity contribution in [3.05, 3.63) is 64.1 Å². The maximum absolute atomic E-state index is 13.9. The first-order valence-corrected chi connectivity index (χ1v) is 10.7. The van der Waals surface area contributed by atoms with Crippen molar-refractivity contribution in [3.8, 4) is 11.4 Å². The van der Waals surface area contributed by atoms with E-state index in [0.717, 1.165) is 38.5 Å². The van der Waals surface area contributed by atoms with Crippen molar-refractivity contribution in [3.63, 3.8) is 0 Å². The molecule has 2 aromatic heterocycles. The van der Waals surface area contributed by atoms with Gasteiger partial charge in [0.15, 0.2) is 5.69 Å². The van der Waals surface area contributed by atoms with Crippen LogP contribution in [0.15, 0.2) is 35.6 Å². The second-order valence-electron chi connectivity index (χ2n) is 8.48. The topological polar surface area (TPSA) is 115 Å². The van der Waals surface area contributed by atoms with Crippen LogP contribution < -0.4 is 10.9 Å². The normalized spacial score (nSPS) is 16.8. The van der Waals surface area contributed by atoms with E-state index in [1.165, 1.54) is 40.1 Å². The first-order chi connectivity index (χ1) is 15.5. The number of nitrogens with zero attached hydrogens (tertiary/aromatic N) is 5. The molecule has 9 nitrogen and oxygen atoms in total. The molecule has 5 rings (SSSR count). The molecule has 2 aliphatic rings. The average Bonchev–Trinajstić information content (AvgIpc) is 3.48. The van der Waals surface area contributed by atoms with E-state index in [1.54, 1.807) is 0 Å². The number of fused-ring (bicyclic) bond motifs is 2. The molecule has 0 bridgehead atoms. The first kappa shape index (κ1) is 20.3. The Kier molecular flexibility index (Phi) is 4.99. The number of benzene rings is 1. The van der Waals surface area contributed by atoms with Crippen molar-refractivity contribution >= 4 is 5.91 Å². The highest BCUT2D eigenvalue weighted by molar-refractivity contribution is 5.94. The lowest BCUT2D eigenvalue weighted by Crippen LogP contribution is -2.41. The predicted octanol–water partition coefficient (Wildman–Crippen LogP) is 2.20. The Bertz CT molecular complexity index is 1230. The lowest BCUT2D eigenvalue weighted by molar-refractivity contribution is 0.0940. The largest absolute Gasteiger partial charge is 0.501 e. The summed E-state index contributed by atoms with van der Waals surface area (Å²) < 4.78 is 16.8. The molecule has 1 fully saturated rings. The van der Waals surface area contributed by atoms with Gasteiger partial charge in [0.2, 0.25) is 5.75 Å². The van der Waals surface area contributed by atoms with Crippen molar-refractivity contribution in [2.45, 2.75) is 57.0 Å². The number of nitrogens with one attached hydrogen (secondary N) is 1. The smallest absolute Gasteiger partial charge is 0.296 e. The molecule has 32 heavy (non-hydrogen) atoms. The van der Waals surface area contributed by atoms with Gasteiger partial charge in [-0.05, 0) is 49.4 Å². The molecule has 1 amide bonds. The van der Waals surface area contributed by atoms with E-state index < -0.39 is 23.0 Å². The number of carbonyl (C=O) groups excluding carboxylic acids is 1. The SMILES string of the molecule is O=C(NCc1cc(F)ccc1-n1cncn1)c1nc2n(c(=O)c1O)CCCC21CCCC1. The van der Waals surface area contributed by atoms with Crippen molar-refractivity contribution in [2.24, 2.45) is 0 Å². The zero-order chi connectivity index (χ0) is 22.3. The highest BCUT2D eigenvalue weighted by atomic mass is 19.1. The number of hydrogen-bond acceptors (Lipinski definition) is 6. The van der Waals surface area contributed by atoms with Crippen LogP contribution in [0, 0.1) is 5.82 Å². The minimum absolute atomic E-state index is 0.0452. The Morgan fingerprint density at radius 2 is 2.00 bits per heavy atom. The molecule has 0 atom stereocenters. The van der Waals surface area contributed by atoms with Gasteiger partial charge in [-0.2, -0.15) is 5.10 Å². The molecular weight excluding hydrogens is 415 g/mol. The van der Waals surface area contributed by atoms with E-state index in [4.69, 9.17) is 0 Å². The molecule has 0 saturated heterocycles. The van der Waals surface area contributed by atoms with Gasteiger partial charge in [-0.1, -0.05) is 12.8 Å². The Hall–Kier alpha value is -3.56. The number of carbonyl (C=O) groups is 1. The molecular formula is C22H23FN6O3. The van der Waals surface area contributed by atoms with E-state index >= 15 is 0 Å². The summed E-state index contributed by atoms with van der Waals surface area (Å²) in [6.07, 6.45) is 8.57. The number of rotatable bonds is 4. The van der Waals surface area contributed by atoms with Gasteiger partial charge in [-0.3, -0.25) is 14.2 Å². The predicted molar refractivity (Wildman–Crippen MR) is 112 cm³/mol. The molecule has 2 N–H and O–H groups in total. The van der Waals surface area contributed by atoms with Crippen LogP contribution in [0.1, 0.15) is 60.4 Å². The molecule has 10 heteroatoms. The van der Waals surface area contributed by atoms with Crippen LogP contribution in [0.5, 0.6) is 5.75 Å². The number of amides is 1. The molecule has 0 radical (unpaired) electrons. The maximum atomic E-state index is 13.9. The Labute approximate surface area is 182 Å².